The zero-order valence-corrected chi connectivity index (χ0v) is 10.9. The summed E-state index contributed by atoms with van der Waals surface area (Å²) in [6.07, 6.45) is 0.906. The number of ether oxygens (including phenoxy) is 1. The van der Waals surface area contributed by atoms with Gasteiger partial charge in [0.15, 0.2) is 0 Å². The summed E-state index contributed by atoms with van der Waals surface area (Å²) in [5.74, 6) is 0.634. The van der Waals surface area contributed by atoms with Crippen molar-refractivity contribution in [3.8, 4) is 5.75 Å². The number of methoxy groups -OCH3 is 1. The van der Waals surface area contributed by atoms with Crippen LogP contribution in [0.2, 0.25) is 0 Å². The fraction of sp³-hybridized carbons (Fsp3) is 0.364. The quantitative estimate of drug-likeness (QED) is 0.894. The molecule has 0 saturated heterocycles. The van der Waals surface area contributed by atoms with E-state index in [-0.39, 0.29) is 6.03 Å². The Balaban J connectivity index is 2.71. The summed E-state index contributed by atoms with van der Waals surface area (Å²) in [6, 6.07) is 5.22. The molecule has 1 rings (SSSR count). The van der Waals surface area contributed by atoms with E-state index in [2.05, 4.69) is 26.6 Å². The standard InChI is InChI=1S/C11H15BrN2O2/c1-3-6-13-11(15)14-9-7-8(12)4-5-10(9)16-2/h4-5,7H,3,6H2,1-2H3,(H2,13,14,15). The second-order valence-electron chi connectivity index (χ2n) is 3.23. The van der Waals surface area contributed by atoms with Gasteiger partial charge in [-0.2, -0.15) is 0 Å². The molecule has 4 nitrogen and oxygen atoms in total. The molecule has 2 N–H and O–H groups in total. The number of amides is 2. The lowest BCUT2D eigenvalue weighted by Gasteiger charge is -2.11. The Morgan fingerprint density at radius 3 is 2.88 bits per heavy atom. The fourth-order valence-electron chi connectivity index (χ4n) is 1.18. The van der Waals surface area contributed by atoms with Crippen LogP contribution in [-0.4, -0.2) is 19.7 Å². The van der Waals surface area contributed by atoms with Crippen LogP contribution < -0.4 is 15.4 Å². The average Bonchev–Trinajstić information content (AvgIpc) is 2.27. The third-order valence-electron chi connectivity index (χ3n) is 1.95. The summed E-state index contributed by atoms with van der Waals surface area (Å²) in [4.78, 5) is 11.5. The molecular formula is C11H15BrN2O2. The van der Waals surface area contributed by atoms with Gasteiger partial charge in [0.1, 0.15) is 5.75 Å². The molecule has 0 bridgehead atoms. The molecule has 0 atom stereocenters. The zero-order valence-electron chi connectivity index (χ0n) is 9.34. The minimum Gasteiger partial charge on any atom is -0.495 e. The third-order valence-corrected chi connectivity index (χ3v) is 2.44. The van der Waals surface area contributed by atoms with Crippen molar-refractivity contribution < 1.29 is 9.53 Å². The molecule has 0 aliphatic heterocycles. The van der Waals surface area contributed by atoms with Crippen molar-refractivity contribution in [2.24, 2.45) is 0 Å². The summed E-state index contributed by atoms with van der Waals surface area (Å²) in [6.45, 7) is 2.65. The molecule has 0 spiro atoms. The number of benzene rings is 1. The van der Waals surface area contributed by atoms with Gasteiger partial charge in [-0.15, -0.1) is 0 Å². The zero-order chi connectivity index (χ0) is 12.0. The Morgan fingerprint density at radius 1 is 1.50 bits per heavy atom. The van der Waals surface area contributed by atoms with E-state index in [0.29, 0.717) is 18.0 Å². The minimum atomic E-state index is -0.224. The van der Waals surface area contributed by atoms with Gasteiger partial charge in [0.05, 0.1) is 12.8 Å². The van der Waals surface area contributed by atoms with E-state index in [9.17, 15) is 4.79 Å². The first-order valence-corrected chi connectivity index (χ1v) is 5.85. The van der Waals surface area contributed by atoms with Gasteiger partial charge in [0, 0.05) is 11.0 Å². The van der Waals surface area contributed by atoms with Gasteiger partial charge >= 0.3 is 6.03 Å². The largest absolute Gasteiger partial charge is 0.495 e. The first-order chi connectivity index (χ1) is 7.67. The smallest absolute Gasteiger partial charge is 0.319 e. The first kappa shape index (κ1) is 12.8. The molecule has 0 unspecified atom stereocenters. The van der Waals surface area contributed by atoms with Gasteiger partial charge in [0.25, 0.3) is 0 Å². The molecule has 0 aliphatic rings. The highest BCUT2D eigenvalue weighted by atomic mass is 79.9. The normalized spacial score (nSPS) is 9.69. The van der Waals surface area contributed by atoms with E-state index in [1.807, 2.05) is 13.0 Å². The maximum Gasteiger partial charge on any atom is 0.319 e. The summed E-state index contributed by atoms with van der Waals surface area (Å²) >= 11 is 3.34. The second-order valence-corrected chi connectivity index (χ2v) is 4.14. The Labute approximate surface area is 103 Å². The molecule has 0 fully saturated rings. The SMILES string of the molecule is CCCNC(=O)Nc1cc(Br)ccc1OC. The van der Waals surface area contributed by atoms with Crippen LogP contribution >= 0.6 is 15.9 Å². The number of hydrogen-bond acceptors (Lipinski definition) is 2. The second kappa shape index (κ2) is 6.37. The van der Waals surface area contributed by atoms with E-state index in [0.717, 1.165) is 10.9 Å². The average molecular weight is 287 g/mol. The Kier molecular flexibility index (Phi) is 5.11. The Bertz CT molecular complexity index is 369. The Hall–Kier alpha value is -1.23. The van der Waals surface area contributed by atoms with Crippen molar-refractivity contribution in [2.75, 3.05) is 19.0 Å². The fourth-order valence-corrected chi connectivity index (χ4v) is 1.54. The highest BCUT2D eigenvalue weighted by Gasteiger charge is 2.06. The van der Waals surface area contributed by atoms with Crippen molar-refractivity contribution in [2.45, 2.75) is 13.3 Å². The number of carbonyl (C=O) groups is 1. The number of rotatable bonds is 4. The van der Waals surface area contributed by atoms with Gasteiger partial charge in [0.2, 0.25) is 0 Å². The van der Waals surface area contributed by atoms with Crippen LogP contribution in [0.25, 0.3) is 0 Å². The molecule has 0 aromatic heterocycles. The molecular weight excluding hydrogens is 272 g/mol. The number of hydrogen-bond donors (Lipinski definition) is 2. The maximum absolute atomic E-state index is 11.5. The monoisotopic (exact) mass is 286 g/mol. The van der Waals surface area contributed by atoms with Gasteiger partial charge in [-0.1, -0.05) is 22.9 Å². The van der Waals surface area contributed by atoms with Crippen LogP contribution in [0, 0.1) is 0 Å². The van der Waals surface area contributed by atoms with Crippen LogP contribution in [0.4, 0.5) is 10.5 Å². The van der Waals surface area contributed by atoms with Gasteiger partial charge < -0.3 is 15.4 Å². The van der Waals surface area contributed by atoms with E-state index >= 15 is 0 Å². The molecule has 1 aromatic rings. The maximum atomic E-state index is 11.5. The summed E-state index contributed by atoms with van der Waals surface area (Å²) in [5, 5.41) is 5.46. The molecule has 16 heavy (non-hydrogen) atoms. The van der Waals surface area contributed by atoms with Crippen molar-refractivity contribution in [3.05, 3.63) is 22.7 Å². The van der Waals surface area contributed by atoms with Crippen LogP contribution in [0.5, 0.6) is 5.75 Å². The lowest BCUT2D eigenvalue weighted by atomic mass is 10.3. The third kappa shape index (κ3) is 3.73. The number of anilines is 1. The van der Waals surface area contributed by atoms with Gasteiger partial charge in [-0.3, -0.25) is 0 Å². The van der Waals surface area contributed by atoms with Crippen molar-refractivity contribution in [1.29, 1.82) is 0 Å². The topological polar surface area (TPSA) is 50.4 Å². The summed E-state index contributed by atoms with van der Waals surface area (Å²) in [5.41, 5.74) is 0.644. The Morgan fingerprint density at radius 2 is 2.25 bits per heavy atom. The number of urea groups is 1. The molecule has 1 aromatic carbocycles. The van der Waals surface area contributed by atoms with E-state index in [4.69, 9.17) is 4.74 Å². The van der Waals surface area contributed by atoms with E-state index < -0.39 is 0 Å². The van der Waals surface area contributed by atoms with Crippen LogP contribution in [0.1, 0.15) is 13.3 Å². The van der Waals surface area contributed by atoms with Crippen molar-refractivity contribution in [3.63, 3.8) is 0 Å². The summed E-state index contributed by atoms with van der Waals surface area (Å²) < 4.78 is 6.03. The number of nitrogens with one attached hydrogen (secondary N) is 2. The van der Waals surface area contributed by atoms with Gasteiger partial charge in [-0.25, -0.2) is 4.79 Å². The van der Waals surface area contributed by atoms with Crippen LogP contribution in [-0.2, 0) is 0 Å². The summed E-state index contributed by atoms with van der Waals surface area (Å²) in [7, 11) is 1.57. The lowest BCUT2D eigenvalue weighted by molar-refractivity contribution is 0.252. The van der Waals surface area contributed by atoms with Crippen LogP contribution in [0.3, 0.4) is 0 Å². The van der Waals surface area contributed by atoms with Crippen LogP contribution in [0.15, 0.2) is 22.7 Å². The molecule has 2 amide bonds. The highest BCUT2D eigenvalue weighted by Crippen LogP contribution is 2.27. The first-order valence-electron chi connectivity index (χ1n) is 5.05. The number of carbonyl (C=O) groups excluding carboxylic acids is 1. The molecule has 0 heterocycles. The minimum absolute atomic E-state index is 0.224. The van der Waals surface area contributed by atoms with Gasteiger partial charge in [-0.05, 0) is 24.6 Å². The number of halogens is 1. The highest BCUT2D eigenvalue weighted by molar-refractivity contribution is 9.10. The molecule has 88 valence electrons. The van der Waals surface area contributed by atoms with E-state index in [1.54, 1.807) is 19.2 Å². The van der Waals surface area contributed by atoms with E-state index in [1.165, 1.54) is 0 Å². The molecule has 5 heteroatoms. The molecule has 0 radical (unpaired) electrons. The molecule has 0 saturated carbocycles. The van der Waals surface area contributed by atoms with Crippen molar-refractivity contribution in [1.82, 2.24) is 5.32 Å². The predicted molar refractivity (Wildman–Crippen MR) is 68.0 cm³/mol. The predicted octanol–water partition coefficient (Wildman–Crippen LogP) is 2.99. The molecule has 0 aliphatic carbocycles. The van der Waals surface area contributed by atoms with Crippen molar-refractivity contribution >= 4 is 27.6 Å². The lowest BCUT2D eigenvalue weighted by Crippen LogP contribution is -2.29.